The maximum absolute atomic E-state index is 9.81. The largest absolute Gasteiger partial charge is 0.388 e. The monoisotopic (exact) mass is 263 g/mol. The highest BCUT2D eigenvalue weighted by Crippen LogP contribution is 2.25. The van der Waals surface area contributed by atoms with E-state index in [0.29, 0.717) is 5.92 Å². The summed E-state index contributed by atoms with van der Waals surface area (Å²) in [7, 11) is 1.78. The van der Waals surface area contributed by atoms with Crippen LogP contribution in [0.15, 0.2) is 24.3 Å². The van der Waals surface area contributed by atoms with Gasteiger partial charge in [-0.15, -0.1) is 0 Å². The zero-order chi connectivity index (χ0) is 13.7. The van der Waals surface area contributed by atoms with Crippen LogP contribution >= 0.6 is 0 Å². The molecule has 1 aliphatic heterocycles. The summed E-state index contributed by atoms with van der Waals surface area (Å²) in [6, 6.07) is 8.35. The van der Waals surface area contributed by atoms with E-state index in [9.17, 15) is 5.11 Å². The number of hydrogen-bond acceptors (Lipinski definition) is 3. The van der Waals surface area contributed by atoms with Crippen LogP contribution in [-0.2, 0) is 4.74 Å². The zero-order valence-corrected chi connectivity index (χ0v) is 12.0. The van der Waals surface area contributed by atoms with Crippen LogP contribution in [-0.4, -0.2) is 31.9 Å². The van der Waals surface area contributed by atoms with E-state index in [0.717, 1.165) is 31.7 Å². The Kier molecular flexibility index (Phi) is 5.23. The average molecular weight is 263 g/mol. The highest BCUT2D eigenvalue weighted by atomic mass is 16.5. The fourth-order valence-corrected chi connectivity index (χ4v) is 2.81. The third-order valence-corrected chi connectivity index (χ3v) is 3.95. The summed E-state index contributed by atoms with van der Waals surface area (Å²) in [6.45, 7) is 5.04. The predicted octanol–water partition coefficient (Wildman–Crippen LogP) is 2.99. The van der Waals surface area contributed by atoms with E-state index in [2.05, 4.69) is 17.0 Å². The number of methoxy groups -OCH3 is 1. The van der Waals surface area contributed by atoms with Gasteiger partial charge in [-0.05, 0) is 42.9 Å². The molecule has 3 nitrogen and oxygen atoms in total. The lowest BCUT2D eigenvalue weighted by Gasteiger charge is -2.34. The van der Waals surface area contributed by atoms with Crippen molar-refractivity contribution in [3.8, 4) is 0 Å². The van der Waals surface area contributed by atoms with Crippen molar-refractivity contribution >= 4 is 5.69 Å². The molecule has 0 spiro atoms. The van der Waals surface area contributed by atoms with Crippen molar-refractivity contribution in [1.29, 1.82) is 0 Å². The highest BCUT2D eigenvalue weighted by Gasteiger charge is 2.20. The van der Waals surface area contributed by atoms with Crippen LogP contribution in [0.4, 0.5) is 5.69 Å². The number of aliphatic hydroxyl groups is 1. The van der Waals surface area contributed by atoms with Gasteiger partial charge in [-0.25, -0.2) is 0 Å². The molecule has 19 heavy (non-hydrogen) atoms. The highest BCUT2D eigenvalue weighted by molar-refractivity contribution is 5.48. The minimum Gasteiger partial charge on any atom is -0.388 e. The number of rotatable bonds is 5. The van der Waals surface area contributed by atoms with E-state index >= 15 is 0 Å². The number of anilines is 1. The van der Waals surface area contributed by atoms with E-state index in [1.807, 2.05) is 19.1 Å². The van der Waals surface area contributed by atoms with Gasteiger partial charge < -0.3 is 14.7 Å². The van der Waals surface area contributed by atoms with E-state index in [1.165, 1.54) is 18.5 Å². The van der Waals surface area contributed by atoms with Crippen LogP contribution in [0.2, 0.25) is 0 Å². The number of benzene rings is 1. The first-order valence-corrected chi connectivity index (χ1v) is 7.26. The maximum atomic E-state index is 9.81. The van der Waals surface area contributed by atoms with Crippen molar-refractivity contribution in [3.05, 3.63) is 29.8 Å². The molecule has 0 amide bonds. The molecule has 1 aromatic rings. The summed E-state index contributed by atoms with van der Waals surface area (Å²) in [5, 5.41) is 9.81. The second-order valence-corrected chi connectivity index (χ2v) is 5.43. The Hall–Kier alpha value is -1.06. The third-order valence-electron chi connectivity index (χ3n) is 3.95. The van der Waals surface area contributed by atoms with E-state index in [4.69, 9.17) is 4.74 Å². The van der Waals surface area contributed by atoms with Gasteiger partial charge in [-0.2, -0.15) is 0 Å². The third kappa shape index (κ3) is 3.71. The Morgan fingerprint density at radius 3 is 2.74 bits per heavy atom. The normalized spacial score (nSPS) is 21.4. The smallest absolute Gasteiger partial charge is 0.0787 e. The Bertz CT molecular complexity index is 375. The van der Waals surface area contributed by atoms with Crippen molar-refractivity contribution in [2.45, 2.75) is 32.3 Å². The second kappa shape index (κ2) is 6.92. The summed E-state index contributed by atoms with van der Waals surface area (Å²) in [5.41, 5.74) is 2.27. The molecule has 0 aromatic heterocycles. The van der Waals surface area contributed by atoms with Crippen molar-refractivity contribution in [2.75, 3.05) is 31.7 Å². The van der Waals surface area contributed by atoms with Crippen LogP contribution in [0, 0.1) is 5.92 Å². The van der Waals surface area contributed by atoms with Crippen molar-refractivity contribution in [2.24, 2.45) is 5.92 Å². The standard InChI is InChI=1S/C16H25NO2/c1-3-16(18)14-6-8-15(9-7-14)17-10-4-5-13(11-17)12-19-2/h6-9,13,16,18H,3-5,10-12H2,1-2H3/t13?,16-/m1/s1. The average Bonchev–Trinajstić information content (AvgIpc) is 2.47. The summed E-state index contributed by atoms with van der Waals surface area (Å²) in [4.78, 5) is 2.43. The summed E-state index contributed by atoms with van der Waals surface area (Å²) < 4.78 is 5.27. The first-order chi connectivity index (χ1) is 9.24. The summed E-state index contributed by atoms with van der Waals surface area (Å²) in [6.07, 6.45) is 2.92. The van der Waals surface area contributed by atoms with Gasteiger partial charge in [-0.1, -0.05) is 19.1 Å². The minimum atomic E-state index is -0.336. The molecule has 1 aromatic carbocycles. The van der Waals surface area contributed by atoms with Gasteiger partial charge in [0.15, 0.2) is 0 Å². The lowest BCUT2D eigenvalue weighted by atomic mass is 9.98. The van der Waals surface area contributed by atoms with Crippen LogP contribution in [0.1, 0.15) is 37.9 Å². The Morgan fingerprint density at radius 1 is 1.37 bits per heavy atom. The fourth-order valence-electron chi connectivity index (χ4n) is 2.81. The van der Waals surface area contributed by atoms with Gasteiger partial charge in [0.25, 0.3) is 0 Å². The molecule has 0 bridgehead atoms. The van der Waals surface area contributed by atoms with Gasteiger partial charge in [0, 0.05) is 25.9 Å². The van der Waals surface area contributed by atoms with Crippen molar-refractivity contribution < 1.29 is 9.84 Å². The molecule has 1 unspecified atom stereocenters. The lowest BCUT2D eigenvalue weighted by molar-refractivity contribution is 0.143. The quantitative estimate of drug-likeness (QED) is 0.886. The molecule has 2 atom stereocenters. The first-order valence-electron chi connectivity index (χ1n) is 7.26. The van der Waals surface area contributed by atoms with Gasteiger partial charge in [0.1, 0.15) is 0 Å². The van der Waals surface area contributed by atoms with Gasteiger partial charge in [0.05, 0.1) is 12.7 Å². The molecule has 1 fully saturated rings. The van der Waals surface area contributed by atoms with Crippen molar-refractivity contribution in [3.63, 3.8) is 0 Å². The minimum absolute atomic E-state index is 0.336. The first kappa shape index (κ1) is 14.4. The van der Waals surface area contributed by atoms with Crippen LogP contribution in [0.3, 0.4) is 0 Å². The van der Waals surface area contributed by atoms with E-state index in [1.54, 1.807) is 7.11 Å². The molecule has 2 rings (SSSR count). The number of aliphatic hydroxyl groups excluding tert-OH is 1. The Morgan fingerprint density at radius 2 is 2.11 bits per heavy atom. The van der Waals surface area contributed by atoms with Gasteiger partial charge >= 0.3 is 0 Å². The maximum Gasteiger partial charge on any atom is 0.0787 e. The van der Waals surface area contributed by atoms with Crippen LogP contribution in [0.25, 0.3) is 0 Å². The predicted molar refractivity (Wildman–Crippen MR) is 78.5 cm³/mol. The molecular formula is C16H25NO2. The second-order valence-electron chi connectivity index (χ2n) is 5.43. The molecule has 106 valence electrons. The molecule has 3 heteroatoms. The molecule has 0 saturated carbocycles. The van der Waals surface area contributed by atoms with Gasteiger partial charge in [0.2, 0.25) is 0 Å². The van der Waals surface area contributed by atoms with E-state index < -0.39 is 0 Å². The van der Waals surface area contributed by atoms with Crippen molar-refractivity contribution in [1.82, 2.24) is 0 Å². The molecule has 1 N–H and O–H groups in total. The molecule has 0 radical (unpaired) electrons. The molecule has 1 heterocycles. The topological polar surface area (TPSA) is 32.7 Å². The van der Waals surface area contributed by atoms with E-state index in [-0.39, 0.29) is 6.10 Å². The number of hydrogen-bond donors (Lipinski definition) is 1. The molecule has 1 aliphatic rings. The fraction of sp³-hybridized carbons (Fsp3) is 0.625. The summed E-state index contributed by atoms with van der Waals surface area (Å²) >= 11 is 0. The number of ether oxygens (including phenoxy) is 1. The molecule has 0 aliphatic carbocycles. The summed E-state index contributed by atoms with van der Waals surface area (Å²) in [5.74, 6) is 0.639. The van der Waals surface area contributed by atoms with Crippen LogP contribution in [0.5, 0.6) is 0 Å². The van der Waals surface area contributed by atoms with Gasteiger partial charge in [-0.3, -0.25) is 0 Å². The Labute approximate surface area is 116 Å². The number of piperidine rings is 1. The number of nitrogens with zero attached hydrogens (tertiary/aromatic N) is 1. The van der Waals surface area contributed by atoms with Crippen LogP contribution < -0.4 is 4.90 Å². The molecular weight excluding hydrogens is 238 g/mol. The Balaban J connectivity index is 2.01. The molecule has 1 saturated heterocycles. The SMILES string of the molecule is CC[C@@H](O)c1ccc(N2CCCC(COC)C2)cc1. The zero-order valence-electron chi connectivity index (χ0n) is 12.0. The lowest BCUT2D eigenvalue weighted by Crippen LogP contribution is -2.37.